The van der Waals surface area contributed by atoms with E-state index in [9.17, 15) is 0 Å². The minimum absolute atomic E-state index is 0.520. The predicted molar refractivity (Wildman–Crippen MR) is 542 cm³/mol. The van der Waals surface area contributed by atoms with Crippen LogP contribution in [0.25, 0.3) is 260 Å². The van der Waals surface area contributed by atoms with Crippen molar-refractivity contribution in [1.82, 2.24) is 49.8 Å². The second-order valence-electron chi connectivity index (χ2n) is 32.2. The summed E-state index contributed by atoms with van der Waals surface area (Å²) >= 11 is 5.61. The van der Waals surface area contributed by atoms with E-state index in [-0.39, 0.29) is 0 Å². The minimum atomic E-state index is 0.520. The molecular weight excluding hydrogens is 1630 g/mol. The van der Waals surface area contributed by atoms with Gasteiger partial charge in [0.15, 0.2) is 34.9 Å². The average molecular weight is 1700 g/mol. The van der Waals surface area contributed by atoms with E-state index in [1.807, 2.05) is 119 Å². The first-order chi connectivity index (χ1) is 64.0. The van der Waals surface area contributed by atoms with Crippen LogP contribution in [0, 0.1) is 0 Å². The summed E-state index contributed by atoms with van der Waals surface area (Å²) < 4.78 is 7.84. The number of fused-ring (bicyclic) bond motifs is 30. The first-order valence-electron chi connectivity index (χ1n) is 43.0. The minimum Gasteiger partial charge on any atom is -0.265 e. The third-order valence-corrected chi connectivity index (χ3v) is 28.4. The molecule has 0 atom stereocenters. The lowest BCUT2D eigenvalue weighted by Gasteiger charge is -2.17. The number of benzene rings is 18. The van der Waals surface area contributed by atoms with Crippen molar-refractivity contribution < 1.29 is 0 Å². The van der Waals surface area contributed by atoms with Crippen molar-refractivity contribution in [3.63, 3.8) is 0 Å². The summed E-state index contributed by atoms with van der Waals surface area (Å²) in [5.74, 6) is 3.46. The zero-order valence-electron chi connectivity index (χ0n) is 69.0. The number of hydrogen-bond donors (Lipinski definition) is 0. The Morgan fingerprint density at radius 2 is 0.426 bits per heavy atom. The van der Waals surface area contributed by atoms with Crippen LogP contribution in [0.15, 0.2) is 413 Å². The van der Waals surface area contributed by atoms with Crippen LogP contribution in [0.2, 0.25) is 0 Å². The molecule has 0 N–H and O–H groups in total. The van der Waals surface area contributed by atoms with Crippen LogP contribution in [0.1, 0.15) is 0 Å². The fraction of sp³-hybridized carbons (Fsp3) is 0. The maximum Gasteiger partial charge on any atom is 0.183 e. The molecule has 27 aromatic rings. The fourth-order valence-electron chi connectivity index (χ4n) is 19.0. The van der Waals surface area contributed by atoms with Crippen LogP contribution in [0.4, 0.5) is 0 Å². The largest absolute Gasteiger partial charge is 0.265 e. The van der Waals surface area contributed by atoms with Crippen molar-refractivity contribution >= 4 is 192 Å². The third kappa shape index (κ3) is 12.9. The fourth-order valence-corrected chi connectivity index (χ4v) is 22.8. The predicted octanol–water partition coefficient (Wildman–Crippen LogP) is 31.5. The van der Waals surface area contributed by atoms with Gasteiger partial charge in [0.2, 0.25) is 0 Å². The summed E-state index contributed by atoms with van der Waals surface area (Å²) in [6.45, 7) is 0. The molecular formula is C116H68N10S3. The summed E-state index contributed by atoms with van der Waals surface area (Å²) in [7, 11) is 0. The van der Waals surface area contributed by atoms with Crippen molar-refractivity contribution in [1.29, 1.82) is 0 Å². The highest BCUT2D eigenvalue weighted by atomic mass is 32.1. The lowest BCUT2D eigenvalue weighted by Crippen LogP contribution is -2.02. The molecule has 0 saturated heterocycles. The molecule has 9 aromatic heterocycles. The van der Waals surface area contributed by atoms with Crippen molar-refractivity contribution in [3.8, 4) is 102 Å². The van der Waals surface area contributed by atoms with E-state index in [4.69, 9.17) is 39.9 Å². The molecule has 0 aliphatic heterocycles. The van der Waals surface area contributed by atoms with Gasteiger partial charge in [0.25, 0.3) is 0 Å². The van der Waals surface area contributed by atoms with Gasteiger partial charge in [-0.15, -0.1) is 34.0 Å². The Hall–Kier alpha value is -16.4. The first-order valence-corrected chi connectivity index (χ1v) is 45.4. The van der Waals surface area contributed by atoms with Crippen molar-refractivity contribution in [2.75, 3.05) is 0 Å². The van der Waals surface area contributed by atoms with Gasteiger partial charge in [-0.25, -0.2) is 39.9 Å². The number of thiophene rings is 3. The smallest absolute Gasteiger partial charge is 0.183 e. The van der Waals surface area contributed by atoms with Crippen molar-refractivity contribution in [2.45, 2.75) is 0 Å². The van der Waals surface area contributed by atoms with Gasteiger partial charge in [-0.3, -0.25) is 9.97 Å². The second-order valence-corrected chi connectivity index (χ2v) is 35.4. The lowest BCUT2D eigenvalue weighted by atomic mass is 9.87. The third-order valence-electron chi connectivity index (χ3n) is 24.8. The number of rotatable bonds is 9. The molecule has 129 heavy (non-hydrogen) atoms. The molecule has 0 saturated carbocycles. The Bertz CT molecular complexity index is 8180. The van der Waals surface area contributed by atoms with E-state index in [2.05, 4.69) is 313 Å². The van der Waals surface area contributed by atoms with Crippen LogP contribution in [-0.4, -0.2) is 49.8 Å². The standard InChI is InChI=1S/C42H26S.C38H22N4S.C36H20N6S/c1-3-13-27(14-4-1)29-23-30(28-15-5-2-6-16-28)25-31(24-29)37-26-38-33-18-8-10-20-35(33)42-41(36-21-11-12-22-39(36)43-42)40(38)34-19-9-7-17-32(34)37;1-3-13-23(14-4-1)36-40-37(24-15-5-2-6-16-24)42-38(41-36)34-26-18-8-7-17-25(26)31-32-29-21-11-12-22-30(29)43-35(32)28-20-10-9-19-27(28)33(31)39-34;1-2-8-24-23(7-1)29-30-27-11-5-6-12-28(27)43-33(30)26-10-4-3-9-25(26)31(29)39-32(24)36-41-34(21-13-17-37-18-14-21)40-35(42-36)22-15-19-38-20-16-22/h1-26H;1-22H;1-20H. The van der Waals surface area contributed by atoms with Crippen molar-refractivity contribution in [2.24, 2.45) is 0 Å². The number of nitrogens with zero attached hydrogens (tertiary/aromatic N) is 10. The summed E-state index contributed by atoms with van der Waals surface area (Å²) in [6.07, 6.45) is 6.99. The Kier molecular flexibility index (Phi) is 18.3. The maximum absolute atomic E-state index is 5.46. The molecule has 0 fully saturated rings. The molecule has 0 aliphatic rings. The van der Waals surface area contributed by atoms with Gasteiger partial charge in [0, 0.05) is 156 Å². The van der Waals surface area contributed by atoms with Gasteiger partial charge in [0.1, 0.15) is 11.4 Å². The van der Waals surface area contributed by atoms with Gasteiger partial charge >= 0.3 is 0 Å². The SMILES string of the molecule is c1ccc(-c2cc(-c3ccccc3)cc(-c3cc4c5ccccc5c5sc6ccccc6c5c4c4ccccc34)c2)cc1.c1ccc(-c2nc(-c3ccccc3)nc(-c3nc4c5ccccc5c5sc6ccccc6c5c4c4ccccc34)n2)cc1.c1ccc2c(c1)sc1c3ccccc3c3nc(-c4nc(-c5ccncc5)nc(-c5ccncc5)n4)c4ccccc4c3c21. The van der Waals surface area contributed by atoms with Gasteiger partial charge in [-0.2, -0.15) is 0 Å². The van der Waals surface area contributed by atoms with Gasteiger partial charge in [-0.1, -0.05) is 322 Å². The van der Waals surface area contributed by atoms with Crippen LogP contribution in [0.3, 0.4) is 0 Å². The molecule has 0 unspecified atom stereocenters. The zero-order chi connectivity index (χ0) is 85.0. The van der Waals surface area contributed by atoms with Crippen molar-refractivity contribution in [3.05, 3.63) is 413 Å². The molecule has 0 aliphatic carbocycles. The normalized spacial score (nSPS) is 11.7. The molecule has 13 heteroatoms. The van der Waals surface area contributed by atoms with Gasteiger partial charge in [0.05, 0.1) is 11.0 Å². The number of pyridine rings is 4. The summed E-state index contributed by atoms with van der Waals surface area (Å²) in [4.78, 5) is 49.2. The summed E-state index contributed by atoms with van der Waals surface area (Å²) in [5, 5.41) is 26.9. The zero-order valence-corrected chi connectivity index (χ0v) is 71.4. The van der Waals surface area contributed by atoms with E-state index in [0.29, 0.717) is 34.9 Å². The molecule has 9 heterocycles. The molecule has 0 amide bonds. The van der Waals surface area contributed by atoms with Crippen LogP contribution >= 0.6 is 34.0 Å². The van der Waals surface area contributed by atoms with E-state index < -0.39 is 0 Å². The molecule has 0 radical (unpaired) electrons. The van der Waals surface area contributed by atoms with E-state index in [1.54, 1.807) is 24.8 Å². The lowest BCUT2D eigenvalue weighted by molar-refractivity contribution is 1.06. The Balaban J connectivity index is 0.000000105. The Morgan fingerprint density at radius 1 is 0.155 bits per heavy atom. The second kappa shape index (κ2) is 31.4. The highest BCUT2D eigenvalue weighted by Crippen LogP contribution is 2.52. The van der Waals surface area contributed by atoms with E-state index in [1.165, 1.54) is 142 Å². The maximum atomic E-state index is 5.46. The highest BCUT2D eigenvalue weighted by Gasteiger charge is 2.27. The topological polar surface area (TPSA) is 129 Å². The number of aromatic nitrogens is 10. The summed E-state index contributed by atoms with van der Waals surface area (Å²) in [5.41, 5.74) is 14.4. The Labute approximate surface area is 750 Å². The van der Waals surface area contributed by atoms with Crippen LogP contribution in [-0.2, 0) is 0 Å². The molecule has 0 spiro atoms. The van der Waals surface area contributed by atoms with E-state index >= 15 is 0 Å². The van der Waals surface area contributed by atoms with E-state index in [0.717, 1.165) is 82.4 Å². The highest BCUT2D eigenvalue weighted by molar-refractivity contribution is 7.28. The number of hydrogen-bond acceptors (Lipinski definition) is 13. The first kappa shape index (κ1) is 75.1. The molecule has 600 valence electrons. The molecule has 18 aromatic carbocycles. The van der Waals surface area contributed by atoms with Crippen LogP contribution in [0.5, 0.6) is 0 Å². The molecule has 27 rings (SSSR count). The molecule has 10 nitrogen and oxygen atoms in total. The van der Waals surface area contributed by atoms with Gasteiger partial charge in [-0.05, 0) is 138 Å². The van der Waals surface area contributed by atoms with Crippen LogP contribution < -0.4 is 0 Å². The molecule has 0 bridgehead atoms. The summed E-state index contributed by atoms with van der Waals surface area (Å²) in [6, 6.07) is 137. The Morgan fingerprint density at radius 3 is 0.814 bits per heavy atom. The average Bonchev–Trinajstić information content (AvgIpc) is 1.62. The van der Waals surface area contributed by atoms with Gasteiger partial charge < -0.3 is 0 Å². The quantitative estimate of drug-likeness (QED) is 0.129. The monoisotopic (exact) mass is 1700 g/mol.